The minimum atomic E-state index is -1.32. The maximum atomic E-state index is 5.63. The molecule has 6 heterocycles. The van der Waals surface area contributed by atoms with Gasteiger partial charge in [0.1, 0.15) is 24.3 Å². The van der Waals surface area contributed by atoms with Crippen LogP contribution < -0.4 is 20.7 Å². The Morgan fingerprint density at radius 1 is 0.714 bits per heavy atom. The SMILES string of the molecule is C=CN(COOCN(C)C(=C)c1ccc(-c2cc3c(s2)-c2cc4c(cc2[SiH]3C)-c2sc(-c3ccc(C(=C)N(C)COC)s3)cc2[SiH]4C)s1)CC(CC)CCCC. The van der Waals surface area contributed by atoms with Crippen LogP contribution >= 0.6 is 45.3 Å². The van der Waals surface area contributed by atoms with Crippen LogP contribution in [0.25, 0.3) is 51.8 Å². The minimum absolute atomic E-state index is 0.301. The highest BCUT2D eigenvalue weighted by molar-refractivity contribution is 7.27. The van der Waals surface area contributed by atoms with Crippen LogP contribution in [-0.4, -0.2) is 80.2 Å². The van der Waals surface area contributed by atoms with Crippen molar-refractivity contribution in [1.82, 2.24) is 14.7 Å². The first kappa shape index (κ1) is 41.1. The van der Waals surface area contributed by atoms with E-state index < -0.39 is 17.6 Å². The first-order valence-corrected chi connectivity index (χ1v) is 27.5. The van der Waals surface area contributed by atoms with E-state index in [1.807, 2.05) is 70.5 Å². The zero-order chi connectivity index (χ0) is 39.7. The van der Waals surface area contributed by atoms with Gasteiger partial charge in [-0.25, -0.2) is 9.78 Å². The third-order valence-electron chi connectivity index (χ3n) is 11.5. The summed E-state index contributed by atoms with van der Waals surface area (Å²) in [5, 5.41) is 6.42. The number of methoxy groups -OCH3 is 1. The second-order valence-corrected chi connectivity index (χ2v) is 24.8. The third-order valence-corrected chi connectivity index (χ3v) is 22.5. The van der Waals surface area contributed by atoms with Crippen molar-refractivity contribution >= 4 is 95.1 Å². The van der Waals surface area contributed by atoms with Crippen molar-refractivity contribution in [1.29, 1.82) is 0 Å². The Kier molecular flexibility index (Phi) is 13.1. The summed E-state index contributed by atoms with van der Waals surface area (Å²) >= 11 is 7.59. The molecule has 0 saturated carbocycles. The van der Waals surface area contributed by atoms with Crippen molar-refractivity contribution in [3.8, 4) is 40.4 Å². The van der Waals surface area contributed by atoms with Crippen molar-refractivity contribution in [2.24, 2.45) is 5.92 Å². The lowest BCUT2D eigenvalue weighted by molar-refractivity contribution is -0.325. The molecule has 0 fully saturated rings. The average molecular weight is 858 g/mol. The molecule has 0 N–H and O–H groups in total. The van der Waals surface area contributed by atoms with Crippen LogP contribution in [0.3, 0.4) is 0 Å². The van der Waals surface area contributed by atoms with Gasteiger partial charge in [0.05, 0.1) is 9.75 Å². The molecule has 4 aromatic heterocycles. The monoisotopic (exact) mass is 857 g/mol. The van der Waals surface area contributed by atoms with Gasteiger partial charge in [0, 0.05) is 68.4 Å². The second kappa shape index (κ2) is 17.8. The molecule has 6 nitrogen and oxygen atoms in total. The zero-order valence-corrected chi connectivity index (χ0v) is 39.5. The summed E-state index contributed by atoms with van der Waals surface area (Å²) in [5.74, 6) is 0.639. The van der Waals surface area contributed by atoms with E-state index in [0.717, 1.165) is 29.2 Å². The Hall–Kier alpha value is -3.05. The number of hydrogen-bond acceptors (Lipinski definition) is 10. The second-order valence-electron chi connectivity index (χ2n) is 15.2. The van der Waals surface area contributed by atoms with Crippen LogP contribution in [0.4, 0.5) is 0 Å². The Morgan fingerprint density at radius 2 is 1.23 bits per heavy atom. The van der Waals surface area contributed by atoms with Crippen molar-refractivity contribution in [2.75, 3.05) is 47.9 Å². The number of ether oxygens (including phenoxy) is 1. The number of nitrogens with zero attached hydrogens (tertiary/aromatic N) is 3. The van der Waals surface area contributed by atoms with E-state index >= 15 is 0 Å². The molecule has 0 radical (unpaired) electrons. The summed E-state index contributed by atoms with van der Waals surface area (Å²) in [6, 6.07) is 19.1. The molecule has 2 aliphatic heterocycles. The number of rotatable bonds is 20. The van der Waals surface area contributed by atoms with Gasteiger partial charge in [-0.3, -0.25) is 0 Å². The lowest BCUT2D eigenvalue weighted by atomic mass is 9.99. The first-order valence-electron chi connectivity index (χ1n) is 19.6. The van der Waals surface area contributed by atoms with Gasteiger partial charge in [-0.05, 0) is 86.8 Å². The number of benzene rings is 1. The summed E-state index contributed by atoms with van der Waals surface area (Å²) in [5.41, 5.74) is 4.94. The third kappa shape index (κ3) is 8.14. The lowest BCUT2D eigenvalue weighted by Crippen LogP contribution is -2.37. The molecule has 296 valence electrons. The maximum absolute atomic E-state index is 5.63. The van der Waals surface area contributed by atoms with Gasteiger partial charge >= 0.3 is 0 Å². The molecule has 2 aliphatic rings. The summed E-state index contributed by atoms with van der Waals surface area (Å²) < 4.78 is 5.32. The molecular formula is C44H55N3O3S4Si2. The Bertz CT molecular complexity index is 2220. The van der Waals surface area contributed by atoms with Gasteiger partial charge in [-0.15, -0.1) is 45.3 Å². The standard InChI is InChI=1S/C44H55N3O3S4Si2/c1-11-14-15-30(12-2)24-47(13-3)27-50-49-26-46(7)29(5)34-17-19-36(52-34)38-23-42-44(54-38)32-21-39-31(20-40(32)56(42)10)43-41(55(39)9)22-37(53-43)35-18-16-33(51-35)28(4)45(6)25-48-8/h13,16-23,30,55-56H,3-5,11-12,14-15,24-27H2,1-2,6-10H3. The van der Waals surface area contributed by atoms with E-state index in [9.17, 15) is 0 Å². The van der Waals surface area contributed by atoms with Crippen LogP contribution in [-0.2, 0) is 14.5 Å². The fraction of sp³-hybridized carbons (Fsp3) is 0.364. The van der Waals surface area contributed by atoms with Gasteiger partial charge in [0.25, 0.3) is 0 Å². The van der Waals surface area contributed by atoms with Crippen LogP contribution in [0.5, 0.6) is 0 Å². The van der Waals surface area contributed by atoms with E-state index in [4.69, 9.17) is 14.5 Å². The van der Waals surface area contributed by atoms with E-state index in [1.54, 1.807) is 27.9 Å². The highest BCUT2D eigenvalue weighted by Gasteiger charge is 2.36. The molecule has 3 unspecified atom stereocenters. The number of hydrogen-bond donors (Lipinski definition) is 0. The number of thiophene rings is 4. The Morgan fingerprint density at radius 3 is 1.71 bits per heavy atom. The predicted molar refractivity (Wildman–Crippen MR) is 252 cm³/mol. The van der Waals surface area contributed by atoms with Crippen LogP contribution in [0, 0.1) is 5.92 Å². The van der Waals surface area contributed by atoms with E-state index in [2.05, 4.69) is 105 Å². The van der Waals surface area contributed by atoms with Gasteiger partial charge in [0.2, 0.25) is 0 Å². The zero-order valence-electron chi connectivity index (χ0n) is 33.9. The van der Waals surface area contributed by atoms with Crippen molar-refractivity contribution in [3.63, 3.8) is 0 Å². The van der Waals surface area contributed by atoms with Crippen molar-refractivity contribution < 1.29 is 14.5 Å². The summed E-state index contributed by atoms with van der Waals surface area (Å²) in [4.78, 5) is 28.1. The molecule has 1 aromatic carbocycles. The number of unbranched alkanes of at least 4 members (excludes halogenated alkanes) is 1. The Labute approximate surface area is 353 Å². The summed E-state index contributed by atoms with van der Waals surface area (Å²) in [6.45, 7) is 24.4. The summed E-state index contributed by atoms with van der Waals surface area (Å²) in [7, 11) is 3.13. The smallest absolute Gasteiger partial charge is 0.154 e. The molecule has 3 atom stereocenters. The van der Waals surface area contributed by atoms with Crippen LogP contribution in [0.15, 0.2) is 74.5 Å². The topological polar surface area (TPSA) is 37.4 Å². The first-order chi connectivity index (χ1) is 27.1. The molecule has 7 rings (SSSR count). The van der Waals surface area contributed by atoms with E-state index in [1.165, 1.54) is 64.5 Å². The van der Waals surface area contributed by atoms with Gasteiger partial charge in [-0.2, -0.15) is 0 Å². The highest BCUT2D eigenvalue weighted by Crippen LogP contribution is 2.43. The predicted octanol–water partition coefficient (Wildman–Crippen LogP) is 9.10. The highest BCUT2D eigenvalue weighted by atomic mass is 32.1. The molecule has 12 heteroatoms. The lowest BCUT2D eigenvalue weighted by Gasteiger charge is -2.25. The average Bonchev–Trinajstić information content (AvgIpc) is 4.06. The van der Waals surface area contributed by atoms with Crippen molar-refractivity contribution in [3.05, 3.63) is 84.2 Å². The number of fused-ring (bicyclic) bond motifs is 6. The molecule has 0 amide bonds. The van der Waals surface area contributed by atoms with E-state index in [-0.39, 0.29) is 0 Å². The molecule has 5 aromatic rings. The van der Waals surface area contributed by atoms with E-state index in [0.29, 0.717) is 26.1 Å². The van der Waals surface area contributed by atoms with Crippen LogP contribution in [0.2, 0.25) is 13.1 Å². The molecular weight excluding hydrogens is 803 g/mol. The van der Waals surface area contributed by atoms with Gasteiger partial charge in [-0.1, -0.05) is 78.1 Å². The normalized spacial score (nSPS) is 15.6. The summed E-state index contributed by atoms with van der Waals surface area (Å²) in [6.07, 6.45) is 6.72. The molecule has 0 saturated heterocycles. The molecule has 0 spiro atoms. The van der Waals surface area contributed by atoms with Gasteiger partial charge in [0.15, 0.2) is 13.5 Å². The molecule has 0 bridgehead atoms. The quantitative estimate of drug-likeness (QED) is 0.0256. The van der Waals surface area contributed by atoms with Gasteiger partial charge < -0.3 is 19.4 Å². The largest absolute Gasteiger partial charge is 0.364 e. The molecule has 0 aliphatic carbocycles. The van der Waals surface area contributed by atoms with Crippen molar-refractivity contribution in [2.45, 2.75) is 52.6 Å². The maximum Gasteiger partial charge on any atom is 0.154 e. The van der Waals surface area contributed by atoms with Crippen LogP contribution in [0.1, 0.15) is 49.3 Å². The Balaban J connectivity index is 1.00. The molecule has 56 heavy (non-hydrogen) atoms. The fourth-order valence-corrected chi connectivity index (χ4v) is 19.0. The minimum Gasteiger partial charge on any atom is -0.364 e. The fourth-order valence-electron chi connectivity index (χ4n) is 7.82.